The zero-order valence-electron chi connectivity index (χ0n) is 11.8. The first kappa shape index (κ1) is 12.5. The molecule has 0 aliphatic rings. The van der Waals surface area contributed by atoms with Gasteiger partial charge in [-0.25, -0.2) is 4.98 Å². The molecule has 0 bridgehead atoms. The maximum Gasteiger partial charge on any atom is 0.205 e. The highest BCUT2D eigenvalue weighted by molar-refractivity contribution is 5.83. The minimum absolute atomic E-state index is 0.499. The summed E-state index contributed by atoms with van der Waals surface area (Å²) < 4.78 is 7.27. The van der Waals surface area contributed by atoms with Crippen LogP contribution in [0.4, 0.5) is 5.95 Å². The van der Waals surface area contributed by atoms with Crippen molar-refractivity contribution < 1.29 is 4.74 Å². The standard InChI is InChI=1S/C16H17N3O/c1-10-5-4-6-13-15(10)18-16(17)19(13)12-7-8-14(20-3)11(2)9-12/h4-9H,1-3H3,(H2,17,18). The highest BCUT2D eigenvalue weighted by atomic mass is 16.5. The summed E-state index contributed by atoms with van der Waals surface area (Å²) in [5.41, 5.74) is 11.2. The molecule has 0 saturated carbocycles. The van der Waals surface area contributed by atoms with Gasteiger partial charge >= 0.3 is 0 Å². The topological polar surface area (TPSA) is 53.1 Å². The molecule has 0 fully saturated rings. The first-order chi connectivity index (χ1) is 9.61. The smallest absolute Gasteiger partial charge is 0.205 e. The molecule has 0 aliphatic heterocycles. The molecule has 0 aliphatic carbocycles. The first-order valence-corrected chi connectivity index (χ1v) is 6.50. The Labute approximate surface area is 117 Å². The lowest BCUT2D eigenvalue weighted by Gasteiger charge is -2.10. The van der Waals surface area contributed by atoms with Crippen LogP contribution in [-0.4, -0.2) is 16.7 Å². The Hall–Kier alpha value is -2.49. The van der Waals surface area contributed by atoms with E-state index in [2.05, 4.69) is 11.1 Å². The van der Waals surface area contributed by atoms with Crippen molar-refractivity contribution in [1.29, 1.82) is 0 Å². The summed E-state index contributed by atoms with van der Waals surface area (Å²) in [5, 5.41) is 0. The molecule has 3 aromatic rings. The molecule has 0 spiro atoms. The fourth-order valence-corrected chi connectivity index (χ4v) is 2.53. The van der Waals surface area contributed by atoms with Crippen LogP contribution in [0.2, 0.25) is 0 Å². The van der Waals surface area contributed by atoms with E-state index in [4.69, 9.17) is 10.5 Å². The van der Waals surface area contributed by atoms with Gasteiger partial charge in [0.15, 0.2) is 0 Å². The number of anilines is 1. The number of ether oxygens (including phenoxy) is 1. The fourth-order valence-electron chi connectivity index (χ4n) is 2.53. The number of fused-ring (bicyclic) bond motifs is 1. The number of hydrogen-bond donors (Lipinski definition) is 1. The van der Waals surface area contributed by atoms with Crippen LogP contribution in [0.25, 0.3) is 16.7 Å². The van der Waals surface area contributed by atoms with E-state index >= 15 is 0 Å². The van der Waals surface area contributed by atoms with Gasteiger partial charge in [0.1, 0.15) is 5.75 Å². The van der Waals surface area contributed by atoms with Gasteiger partial charge in [-0.05, 0) is 49.2 Å². The molecule has 4 heteroatoms. The minimum Gasteiger partial charge on any atom is -0.496 e. The van der Waals surface area contributed by atoms with Gasteiger partial charge in [0.25, 0.3) is 0 Å². The maximum atomic E-state index is 6.10. The zero-order chi connectivity index (χ0) is 14.3. The number of nitrogens with two attached hydrogens (primary N) is 1. The van der Waals surface area contributed by atoms with Crippen molar-refractivity contribution in [3.63, 3.8) is 0 Å². The van der Waals surface area contributed by atoms with Crippen molar-refractivity contribution in [2.45, 2.75) is 13.8 Å². The Morgan fingerprint density at radius 2 is 1.90 bits per heavy atom. The van der Waals surface area contributed by atoms with E-state index in [9.17, 15) is 0 Å². The highest BCUT2D eigenvalue weighted by Crippen LogP contribution is 2.27. The number of aryl methyl sites for hydroxylation is 2. The van der Waals surface area contributed by atoms with E-state index in [-0.39, 0.29) is 0 Å². The number of nitrogen functional groups attached to an aromatic ring is 1. The Morgan fingerprint density at radius 1 is 1.10 bits per heavy atom. The molecule has 0 unspecified atom stereocenters. The number of aromatic nitrogens is 2. The van der Waals surface area contributed by atoms with E-state index in [0.29, 0.717) is 5.95 Å². The van der Waals surface area contributed by atoms with Gasteiger partial charge < -0.3 is 10.5 Å². The normalized spacial score (nSPS) is 10.9. The van der Waals surface area contributed by atoms with Crippen LogP contribution < -0.4 is 10.5 Å². The Bertz CT molecular complexity index is 790. The van der Waals surface area contributed by atoms with Gasteiger partial charge in [-0.2, -0.15) is 0 Å². The molecule has 2 N–H and O–H groups in total. The predicted octanol–water partition coefficient (Wildman–Crippen LogP) is 3.23. The number of benzene rings is 2. The molecule has 1 aromatic heterocycles. The van der Waals surface area contributed by atoms with Gasteiger partial charge in [0.2, 0.25) is 5.95 Å². The lowest BCUT2D eigenvalue weighted by molar-refractivity contribution is 0.411. The largest absolute Gasteiger partial charge is 0.496 e. The summed E-state index contributed by atoms with van der Waals surface area (Å²) in [7, 11) is 1.67. The third-order valence-corrected chi connectivity index (χ3v) is 3.55. The molecular weight excluding hydrogens is 250 g/mol. The molecule has 0 amide bonds. The van der Waals surface area contributed by atoms with Crippen LogP contribution in [0.5, 0.6) is 5.75 Å². The third-order valence-electron chi connectivity index (χ3n) is 3.55. The van der Waals surface area contributed by atoms with E-state index in [0.717, 1.165) is 33.6 Å². The SMILES string of the molecule is COc1ccc(-n2c(N)nc3c(C)cccc32)cc1C. The van der Waals surface area contributed by atoms with Crippen LogP contribution in [0.1, 0.15) is 11.1 Å². The Morgan fingerprint density at radius 3 is 2.60 bits per heavy atom. The van der Waals surface area contributed by atoms with Gasteiger partial charge in [0, 0.05) is 5.69 Å². The van der Waals surface area contributed by atoms with Crippen LogP contribution >= 0.6 is 0 Å². The summed E-state index contributed by atoms with van der Waals surface area (Å²) in [6, 6.07) is 12.1. The Kier molecular flexibility index (Phi) is 2.86. The van der Waals surface area contributed by atoms with Crippen LogP contribution in [0.15, 0.2) is 36.4 Å². The number of rotatable bonds is 2. The molecule has 0 saturated heterocycles. The van der Waals surface area contributed by atoms with Crippen molar-refractivity contribution in [2.75, 3.05) is 12.8 Å². The van der Waals surface area contributed by atoms with Crippen molar-refractivity contribution in [2.24, 2.45) is 0 Å². The fraction of sp³-hybridized carbons (Fsp3) is 0.188. The minimum atomic E-state index is 0.499. The molecule has 102 valence electrons. The van der Waals surface area contributed by atoms with E-state index in [1.165, 1.54) is 0 Å². The second kappa shape index (κ2) is 4.56. The summed E-state index contributed by atoms with van der Waals surface area (Å²) in [6.07, 6.45) is 0. The average Bonchev–Trinajstić information content (AvgIpc) is 2.76. The molecule has 20 heavy (non-hydrogen) atoms. The number of methoxy groups -OCH3 is 1. The quantitative estimate of drug-likeness (QED) is 0.775. The van der Waals surface area contributed by atoms with Gasteiger partial charge in [-0.3, -0.25) is 4.57 Å². The molecule has 0 atom stereocenters. The van der Waals surface area contributed by atoms with Crippen molar-refractivity contribution in [3.8, 4) is 11.4 Å². The third kappa shape index (κ3) is 1.81. The zero-order valence-corrected chi connectivity index (χ0v) is 11.8. The van der Waals surface area contributed by atoms with E-state index in [1.807, 2.05) is 48.7 Å². The second-order valence-electron chi connectivity index (χ2n) is 4.90. The molecule has 1 heterocycles. The monoisotopic (exact) mass is 267 g/mol. The van der Waals surface area contributed by atoms with Gasteiger partial charge in [-0.1, -0.05) is 12.1 Å². The number of para-hydroxylation sites is 1. The molecule has 2 aromatic carbocycles. The molecular formula is C16H17N3O. The summed E-state index contributed by atoms with van der Waals surface area (Å²) in [5.74, 6) is 1.37. The van der Waals surface area contributed by atoms with Crippen LogP contribution in [0, 0.1) is 13.8 Å². The maximum absolute atomic E-state index is 6.10. The van der Waals surface area contributed by atoms with Crippen LogP contribution in [0.3, 0.4) is 0 Å². The van der Waals surface area contributed by atoms with Crippen molar-refractivity contribution >= 4 is 17.0 Å². The molecule has 0 radical (unpaired) electrons. The molecule has 4 nitrogen and oxygen atoms in total. The second-order valence-corrected chi connectivity index (χ2v) is 4.90. The summed E-state index contributed by atoms with van der Waals surface area (Å²) >= 11 is 0. The lowest BCUT2D eigenvalue weighted by Crippen LogP contribution is -2.01. The van der Waals surface area contributed by atoms with Crippen LogP contribution in [-0.2, 0) is 0 Å². The van der Waals surface area contributed by atoms with Gasteiger partial charge in [0.05, 0.1) is 18.1 Å². The van der Waals surface area contributed by atoms with E-state index < -0.39 is 0 Å². The number of hydrogen-bond acceptors (Lipinski definition) is 3. The predicted molar refractivity (Wildman–Crippen MR) is 81.5 cm³/mol. The highest BCUT2D eigenvalue weighted by Gasteiger charge is 2.12. The summed E-state index contributed by atoms with van der Waals surface area (Å²) in [6.45, 7) is 4.06. The lowest BCUT2D eigenvalue weighted by atomic mass is 10.2. The van der Waals surface area contributed by atoms with Crippen molar-refractivity contribution in [1.82, 2.24) is 9.55 Å². The molecule has 3 rings (SSSR count). The number of nitrogens with zero attached hydrogens (tertiary/aromatic N) is 2. The average molecular weight is 267 g/mol. The first-order valence-electron chi connectivity index (χ1n) is 6.50. The Balaban J connectivity index is 2.27. The van der Waals surface area contributed by atoms with Crippen molar-refractivity contribution in [3.05, 3.63) is 47.5 Å². The summed E-state index contributed by atoms with van der Waals surface area (Å²) in [4.78, 5) is 4.47. The van der Waals surface area contributed by atoms with E-state index in [1.54, 1.807) is 7.11 Å². The number of imidazole rings is 1. The van der Waals surface area contributed by atoms with Gasteiger partial charge in [-0.15, -0.1) is 0 Å².